The average Bonchev–Trinajstić information content (AvgIpc) is 2.37. The van der Waals surface area contributed by atoms with E-state index in [-0.39, 0.29) is 12.5 Å². The molecule has 1 aromatic rings. The minimum Gasteiger partial charge on any atom is -0.468 e. The van der Waals surface area contributed by atoms with Crippen LogP contribution in [0.25, 0.3) is 6.08 Å². The Morgan fingerprint density at radius 1 is 1.33 bits per heavy atom. The van der Waals surface area contributed by atoms with Crippen LogP contribution in [-0.4, -0.2) is 37.5 Å². The summed E-state index contributed by atoms with van der Waals surface area (Å²) in [5.74, 6) is -0.721. The van der Waals surface area contributed by atoms with Crippen molar-refractivity contribution in [1.29, 1.82) is 0 Å². The second-order valence-corrected chi connectivity index (χ2v) is 4.09. The highest BCUT2D eigenvalue weighted by Gasteiger charge is 2.09. The molecule has 0 aliphatic heterocycles. The van der Waals surface area contributed by atoms with Crippen molar-refractivity contribution in [3.63, 3.8) is 0 Å². The van der Waals surface area contributed by atoms with Gasteiger partial charge >= 0.3 is 5.97 Å². The topological polar surface area (TPSA) is 46.6 Å². The lowest BCUT2D eigenvalue weighted by Gasteiger charge is -2.12. The Bertz CT molecular complexity index is 454. The van der Waals surface area contributed by atoms with Gasteiger partial charge in [-0.1, -0.05) is 23.7 Å². The first kappa shape index (κ1) is 14.3. The molecule has 0 unspecified atom stereocenters. The molecule has 0 aliphatic carbocycles. The van der Waals surface area contributed by atoms with Crippen molar-refractivity contribution in [2.45, 2.75) is 0 Å². The molecule has 1 amide bonds. The largest absolute Gasteiger partial charge is 0.468 e. The highest BCUT2D eigenvalue weighted by atomic mass is 35.5. The molecule has 1 aromatic carbocycles. The number of rotatable bonds is 4. The normalized spacial score (nSPS) is 10.4. The molecule has 0 saturated carbocycles. The Morgan fingerprint density at radius 2 is 1.94 bits per heavy atom. The van der Waals surface area contributed by atoms with Crippen LogP contribution in [0.15, 0.2) is 30.3 Å². The second kappa shape index (κ2) is 6.81. The molecule has 0 heterocycles. The molecule has 0 aliphatic rings. The minimum atomic E-state index is -0.453. The number of amides is 1. The summed E-state index contributed by atoms with van der Waals surface area (Å²) in [4.78, 5) is 23.9. The third-order valence-corrected chi connectivity index (χ3v) is 2.51. The molecule has 18 heavy (non-hydrogen) atoms. The Kier molecular flexibility index (Phi) is 5.39. The van der Waals surface area contributed by atoms with Crippen molar-refractivity contribution in [3.8, 4) is 0 Å². The van der Waals surface area contributed by atoms with E-state index < -0.39 is 5.97 Å². The maximum Gasteiger partial charge on any atom is 0.325 e. The summed E-state index contributed by atoms with van der Waals surface area (Å²) in [6.45, 7) is -0.0692. The Morgan fingerprint density at radius 3 is 2.50 bits per heavy atom. The van der Waals surface area contributed by atoms with Crippen LogP contribution >= 0.6 is 11.6 Å². The van der Waals surface area contributed by atoms with Crippen molar-refractivity contribution in [2.75, 3.05) is 20.7 Å². The van der Waals surface area contributed by atoms with E-state index in [9.17, 15) is 9.59 Å². The number of nitrogens with zero attached hydrogens (tertiary/aromatic N) is 1. The predicted octanol–water partition coefficient (Wildman–Crippen LogP) is 1.98. The van der Waals surface area contributed by atoms with Gasteiger partial charge in [0.2, 0.25) is 5.91 Å². The first-order valence-electron chi connectivity index (χ1n) is 5.28. The van der Waals surface area contributed by atoms with Gasteiger partial charge < -0.3 is 9.64 Å². The predicted molar refractivity (Wildman–Crippen MR) is 70.1 cm³/mol. The lowest BCUT2D eigenvalue weighted by Crippen LogP contribution is -2.31. The SMILES string of the molecule is COC(=O)CN(C)C(=O)/C=C/c1ccc(Cl)cc1. The standard InChI is InChI=1S/C13H14ClNO3/c1-15(9-13(17)18-2)12(16)8-5-10-3-6-11(14)7-4-10/h3-8H,9H2,1-2H3/b8-5+. The van der Waals surface area contributed by atoms with Gasteiger partial charge in [0, 0.05) is 18.1 Å². The zero-order valence-corrected chi connectivity index (χ0v) is 11.0. The molecule has 0 N–H and O–H groups in total. The van der Waals surface area contributed by atoms with Gasteiger partial charge in [0.05, 0.1) is 7.11 Å². The number of likely N-dealkylation sites (N-methyl/N-ethyl adjacent to an activating group) is 1. The third-order valence-electron chi connectivity index (χ3n) is 2.26. The zero-order chi connectivity index (χ0) is 13.5. The fourth-order valence-electron chi connectivity index (χ4n) is 1.20. The van der Waals surface area contributed by atoms with E-state index >= 15 is 0 Å². The van der Waals surface area contributed by atoms with Crippen LogP contribution in [0.1, 0.15) is 5.56 Å². The van der Waals surface area contributed by atoms with E-state index in [1.807, 2.05) is 0 Å². The number of benzene rings is 1. The van der Waals surface area contributed by atoms with Crippen LogP contribution in [-0.2, 0) is 14.3 Å². The van der Waals surface area contributed by atoms with Crippen LogP contribution in [0.5, 0.6) is 0 Å². The van der Waals surface area contributed by atoms with E-state index in [1.165, 1.54) is 25.1 Å². The molecule has 0 fully saturated rings. The Balaban J connectivity index is 2.58. The van der Waals surface area contributed by atoms with E-state index in [2.05, 4.69) is 4.74 Å². The van der Waals surface area contributed by atoms with Gasteiger partial charge in [0.15, 0.2) is 0 Å². The molecular weight excluding hydrogens is 254 g/mol. The maximum atomic E-state index is 11.6. The lowest BCUT2D eigenvalue weighted by atomic mass is 10.2. The van der Waals surface area contributed by atoms with E-state index in [0.29, 0.717) is 5.02 Å². The van der Waals surface area contributed by atoms with Gasteiger partial charge in [0.1, 0.15) is 6.54 Å². The minimum absolute atomic E-state index is 0.0692. The van der Waals surface area contributed by atoms with Gasteiger partial charge in [-0.2, -0.15) is 0 Å². The molecule has 0 aromatic heterocycles. The van der Waals surface area contributed by atoms with E-state index in [0.717, 1.165) is 5.56 Å². The van der Waals surface area contributed by atoms with Crippen LogP contribution in [0.3, 0.4) is 0 Å². The van der Waals surface area contributed by atoms with Crippen molar-refractivity contribution in [3.05, 3.63) is 40.9 Å². The molecule has 0 spiro atoms. The molecule has 0 radical (unpaired) electrons. The molecule has 0 bridgehead atoms. The van der Waals surface area contributed by atoms with Crippen LogP contribution in [0.2, 0.25) is 5.02 Å². The van der Waals surface area contributed by atoms with Crippen LogP contribution in [0, 0.1) is 0 Å². The highest BCUT2D eigenvalue weighted by molar-refractivity contribution is 6.30. The van der Waals surface area contributed by atoms with Crippen molar-refractivity contribution in [2.24, 2.45) is 0 Å². The number of carbonyl (C=O) groups excluding carboxylic acids is 2. The Labute approximate surface area is 111 Å². The lowest BCUT2D eigenvalue weighted by molar-refractivity contribution is -0.144. The van der Waals surface area contributed by atoms with Crippen molar-refractivity contribution in [1.82, 2.24) is 4.90 Å². The summed E-state index contributed by atoms with van der Waals surface area (Å²) in [7, 11) is 2.82. The first-order valence-corrected chi connectivity index (χ1v) is 5.66. The molecule has 96 valence electrons. The van der Waals surface area contributed by atoms with Crippen LogP contribution in [0.4, 0.5) is 0 Å². The Hall–Kier alpha value is -1.81. The maximum absolute atomic E-state index is 11.6. The fourth-order valence-corrected chi connectivity index (χ4v) is 1.33. The van der Waals surface area contributed by atoms with Gasteiger partial charge in [-0.25, -0.2) is 0 Å². The summed E-state index contributed by atoms with van der Waals surface area (Å²) >= 11 is 5.75. The first-order chi connectivity index (χ1) is 8.52. The summed E-state index contributed by atoms with van der Waals surface area (Å²) in [5.41, 5.74) is 0.860. The van der Waals surface area contributed by atoms with Gasteiger partial charge in [0.25, 0.3) is 0 Å². The molecule has 0 atom stereocenters. The summed E-state index contributed by atoms with van der Waals surface area (Å²) in [6, 6.07) is 7.08. The quantitative estimate of drug-likeness (QED) is 0.619. The summed E-state index contributed by atoms with van der Waals surface area (Å²) in [6.07, 6.45) is 3.05. The number of methoxy groups -OCH3 is 1. The number of halogens is 1. The van der Waals surface area contributed by atoms with E-state index in [1.54, 1.807) is 30.3 Å². The fraction of sp³-hybridized carbons (Fsp3) is 0.231. The smallest absolute Gasteiger partial charge is 0.325 e. The zero-order valence-electron chi connectivity index (χ0n) is 10.2. The third kappa shape index (κ3) is 4.59. The summed E-state index contributed by atoms with van der Waals surface area (Å²) in [5, 5.41) is 0.640. The molecule has 1 rings (SSSR count). The van der Waals surface area contributed by atoms with Gasteiger partial charge in [-0.05, 0) is 23.8 Å². The molecule has 0 saturated heterocycles. The second-order valence-electron chi connectivity index (χ2n) is 3.66. The summed E-state index contributed by atoms with van der Waals surface area (Å²) < 4.78 is 4.48. The molecule has 4 nitrogen and oxygen atoms in total. The van der Waals surface area contributed by atoms with Gasteiger partial charge in [-0.15, -0.1) is 0 Å². The number of esters is 1. The molecule has 5 heteroatoms. The number of carbonyl (C=O) groups is 2. The van der Waals surface area contributed by atoms with Crippen molar-refractivity contribution >= 4 is 29.6 Å². The van der Waals surface area contributed by atoms with Crippen molar-refractivity contribution < 1.29 is 14.3 Å². The van der Waals surface area contributed by atoms with Crippen LogP contribution < -0.4 is 0 Å². The van der Waals surface area contributed by atoms with E-state index in [4.69, 9.17) is 11.6 Å². The van der Waals surface area contributed by atoms with Gasteiger partial charge in [-0.3, -0.25) is 9.59 Å². The number of hydrogen-bond acceptors (Lipinski definition) is 3. The number of ether oxygens (including phenoxy) is 1. The number of hydrogen-bond donors (Lipinski definition) is 0. The average molecular weight is 268 g/mol. The monoisotopic (exact) mass is 267 g/mol. The molecular formula is C13H14ClNO3. The highest BCUT2D eigenvalue weighted by Crippen LogP contribution is 2.10.